The van der Waals surface area contributed by atoms with Gasteiger partial charge in [0, 0.05) is 18.5 Å². The Morgan fingerprint density at radius 3 is 2.95 bits per heavy atom. The first-order valence-electron chi connectivity index (χ1n) is 6.95. The van der Waals surface area contributed by atoms with E-state index in [0.717, 1.165) is 42.7 Å². The molecule has 0 bridgehead atoms. The first-order valence-corrected chi connectivity index (χ1v) is 6.95. The van der Waals surface area contributed by atoms with Crippen LogP contribution in [0.1, 0.15) is 19.3 Å². The Hall–Kier alpha value is -1.92. The van der Waals surface area contributed by atoms with Gasteiger partial charge in [0.25, 0.3) is 0 Å². The number of nitrogens with two attached hydrogens (primary N) is 1. The fraction of sp³-hybridized carbons (Fsp3) is 0.429. The van der Waals surface area contributed by atoms with Crippen LogP contribution in [0.25, 0.3) is 10.9 Å². The molecule has 2 heterocycles. The molecule has 0 aliphatic carbocycles. The third kappa shape index (κ3) is 2.81. The summed E-state index contributed by atoms with van der Waals surface area (Å²) >= 11 is 0. The van der Waals surface area contributed by atoms with Gasteiger partial charge < -0.3 is 10.1 Å². The van der Waals surface area contributed by atoms with Crippen molar-refractivity contribution in [1.29, 1.82) is 0 Å². The van der Waals surface area contributed by atoms with E-state index in [0.29, 0.717) is 5.95 Å². The standard InChI is InChI=1S/C14H19N5O/c15-19-14-17-12-7-2-1-6-11(12)13(18-14)16-9-10-5-3-4-8-20-10/h1-2,6-7,10H,3-5,8-9,15H2,(H2,16,17,18,19). The smallest absolute Gasteiger partial charge is 0.239 e. The number of hydrazine groups is 1. The maximum absolute atomic E-state index is 5.72. The summed E-state index contributed by atoms with van der Waals surface area (Å²) in [5, 5.41) is 4.35. The van der Waals surface area contributed by atoms with Crippen LogP contribution in [0.3, 0.4) is 0 Å². The van der Waals surface area contributed by atoms with E-state index in [9.17, 15) is 0 Å². The van der Waals surface area contributed by atoms with Crippen LogP contribution < -0.4 is 16.6 Å². The number of nitrogen functional groups attached to an aromatic ring is 1. The quantitative estimate of drug-likeness (QED) is 0.583. The molecule has 1 saturated heterocycles. The number of benzene rings is 1. The summed E-state index contributed by atoms with van der Waals surface area (Å²) < 4.78 is 5.72. The molecule has 1 fully saturated rings. The summed E-state index contributed by atoms with van der Waals surface area (Å²) in [6.07, 6.45) is 3.74. The molecule has 106 valence electrons. The fourth-order valence-electron chi connectivity index (χ4n) is 2.45. The normalized spacial score (nSPS) is 18.9. The lowest BCUT2D eigenvalue weighted by Crippen LogP contribution is -2.27. The number of rotatable bonds is 4. The van der Waals surface area contributed by atoms with Crippen LogP contribution in [-0.4, -0.2) is 29.2 Å². The van der Waals surface area contributed by atoms with Crippen LogP contribution in [0.2, 0.25) is 0 Å². The van der Waals surface area contributed by atoms with Gasteiger partial charge in [-0.2, -0.15) is 4.98 Å². The second-order valence-electron chi connectivity index (χ2n) is 4.93. The van der Waals surface area contributed by atoms with Gasteiger partial charge >= 0.3 is 0 Å². The number of hydrogen-bond donors (Lipinski definition) is 3. The molecule has 4 N–H and O–H groups in total. The van der Waals surface area contributed by atoms with Crippen molar-refractivity contribution in [1.82, 2.24) is 9.97 Å². The fourth-order valence-corrected chi connectivity index (χ4v) is 2.45. The van der Waals surface area contributed by atoms with Gasteiger partial charge in [0.15, 0.2) is 0 Å². The van der Waals surface area contributed by atoms with Gasteiger partial charge in [-0.3, -0.25) is 5.43 Å². The second-order valence-corrected chi connectivity index (χ2v) is 4.93. The molecule has 1 aliphatic rings. The number of anilines is 2. The van der Waals surface area contributed by atoms with Gasteiger partial charge in [0.1, 0.15) is 5.82 Å². The number of hydrogen-bond acceptors (Lipinski definition) is 6. The van der Waals surface area contributed by atoms with Gasteiger partial charge in [0.05, 0.1) is 11.6 Å². The van der Waals surface area contributed by atoms with Crippen molar-refractivity contribution in [2.24, 2.45) is 5.84 Å². The van der Waals surface area contributed by atoms with Crippen molar-refractivity contribution in [2.75, 3.05) is 23.9 Å². The number of para-hydroxylation sites is 1. The van der Waals surface area contributed by atoms with Crippen molar-refractivity contribution in [3.05, 3.63) is 24.3 Å². The first-order chi connectivity index (χ1) is 9.86. The van der Waals surface area contributed by atoms with E-state index in [1.54, 1.807) is 0 Å². The lowest BCUT2D eigenvalue weighted by atomic mass is 10.1. The monoisotopic (exact) mass is 273 g/mol. The zero-order valence-electron chi connectivity index (χ0n) is 11.3. The number of aromatic nitrogens is 2. The van der Waals surface area contributed by atoms with Crippen LogP contribution in [0.15, 0.2) is 24.3 Å². The van der Waals surface area contributed by atoms with Gasteiger partial charge in [0.2, 0.25) is 5.95 Å². The molecule has 6 heteroatoms. The number of nitrogens with one attached hydrogen (secondary N) is 2. The minimum atomic E-state index is 0.256. The van der Waals surface area contributed by atoms with E-state index >= 15 is 0 Å². The molecule has 1 atom stereocenters. The molecular formula is C14H19N5O. The Balaban J connectivity index is 1.81. The first kappa shape index (κ1) is 13.1. The van der Waals surface area contributed by atoms with E-state index < -0.39 is 0 Å². The zero-order chi connectivity index (χ0) is 13.8. The second kappa shape index (κ2) is 6.02. The van der Waals surface area contributed by atoms with E-state index in [-0.39, 0.29) is 6.10 Å². The number of nitrogens with zero attached hydrogens (tertiary/aromatic N) is 2. The summed E-state index contributed by atoms with van der Waals surface area (Å²) in [7, 11) is 0. The molecule has 1 unspecified atom stereocenters. The van der Waals surface area contributed by atoms with E-state index in [1.807, 2.05) is 24.3 Å². The third-order valence-electron chi connectivity index (χ3n) is 3.50. The van der Waals surface area contributed by atoms with Gasteiger partial charge in [-0.15, -0.1) is 0 Å². The molecular weight excluding hydrogens is 254 g/mol. The SMILES string of the molecule is NNc1nc(NCC2CCCCO2)c2ccccc2n1. The Bertz CT molecular complexity index is 583. The molecule has 2 aromatic rings. The molecule has 0 amide bonds. The summed E-state index contributed by atoms with van der Waals surface area (Å²) in [6.45, 7) is 1.61. The van der Waals surface area contributed by atoms with Gasteiger partial charge in [-0.1, -0.05) is 12.1 Å². The highest BCUT2D eigenvalue weighted by atomic mass is 16.5. The average molecular weight is 273 g/mol. The Morgan fingerprint density at radius 1 is 1.25 bits per heavy atom. The largest absolute Gasteiger partial charge is 0.376 e. The topological polar surface area (TPSA) is 85.1 Å². The van der Waals surface area contributed by atoms with E-state index in [2.05, 4.69) is 20.7 Å². The van der Waals surface area contributed by atoms with Crippen LogP contribution in [0.4, 0.5) is 11.8 Å². The highest BCUT2D eigenvalue weighted by molar-refractivity contribution is 5.89. The molecule has 0 radical (unpaired) electrons. The maximum Gasteiger partial charge on any atom is 0.239 e. The predicted octanol–water partition coefficient (Wildman–Crippen LogP) is 1.90. The molecule has 3 rings (SSSR count). The Morgan fingerprint density at radius 2 is 2.15 bits per heavy atom. The summed E-state index contributed by atoms with van der Waals surface area (Å²) in [5.41, 5.74) is 3.37. The van der Waals surface area contributed by atoms with Crippen LogP contribution in [-0.2, 0) is 4.74 Å². The van der Waals surface area contributed by atoms with Crippen molar-refractivity contribution in [2.45, 2.75) is 25.4 Å². The summed E-state index contributed by atoms with van der Waals surface area (Å²) in [6, 6.07) is 7.87. The molecule has 1 aromatic carbocycles. The third-order valence-corrected chi connectivity index (χ3v) is 3.50. The molecule has 6 nitrogen and oxygen atoms in total. The van der Waals surface area contributed by atoms with E-state index in [1.165, 1.54) is 6.42 Å². The number of ether oxygens (including phenoxy) is 1. The molecule has 1 aliphatic heterocycles. The Labute approximate surface area is 117 Å². The molecule has 1 aromatic heterocycles. The average Bonchev–Trinajstić information content (AvgIpc) is 2.53. The van der Waals surface area contributed by atoms with Crippen LogP contribution in [0, 0.1) is 0 Å². The van der Waals surface area contributed by atoms with Crippen LogP contribution in [0.5, 0.6) is 0 Å². The lowest BCUT2D eigenvalue weighted by molar-refractivity contribution is 0.0247. The summed E-state index contributed by atoms with van der Waals surface area (Å²) in [4.78, 5) is 8.72. The highest BCUT2D eigenvalue weighted by Crippen LogP contribution is 2.22. The highest BCUT2D eigenvalue weighted by Gasteiger charge is 2.14. The minimum absolute atomic E-state index is 0.256. The Kier molecular flexibility index (Phi) is 3.94. The van der Waals surface area contributed by atoms with Gasteiger partial charge in [-0.05, 0) is 31.4 Å². The predicted molar refractivity (Wildman–Crippen MR) is 79.4 cm³/mol. The number of fused-ring (bicyclic) bond motifs is 1. The van der Waals surface area contributed by atoms with Crippen molar-refractivity contribution >= 4 is 22.7 Å². The van der Waals surface area contributed by atoms with Crippen LogP contribution >= 0.6 is 0 Å². The molecule has 0 saturated carbocycles. The molecule has 20 heavy (non-hydrogen) atoms. The van der Waals surface area contributed by atoms with Crippen molar-refractivity contribution < 1.29 is 4.74 Å². The summed E-state index contributed by atoms with van der Waals surface area (Å²) in [5.74, 6) is 6.62. The lowest BCUT2D eigenvalue weighted by Gasteiger charge is -2.23. The maximum atomic E-state index is 5.72. The van der Waals surface area contributed by atoms with E-state index in [4.69, 9.17) is 10.6 Å². The van der Waals surface area contributed by atoms with Crippen molar-refractivity contribution in [3.8, 4) is 0 Å². The zero-order valence-corrected chi connectivity index (χ0v) is 11.3. The van der Waals surface area contributed by atoms with Crippen molar-refractivity contribution in [3.63, 3.8) is 0 Å². The van der Waals surface area contributed by atoms with Gasteiger partial charge in [-0.25, -0.2) is 10.8 Å². The minimum Gasteiger partial charge on any atom is -0.376 e. The molecule has 0 spiro atoms.